The van der Waals surface area contributed by atoms with E-state index in [-0.39, 0.29) is 12.2 Å². The molecule has 1 N–H and O–H groups in total. The van der Waals surface area contributed by atoms with Crippen molar-refractivity contribution in [2.75, 3.05) is 13.7 Å². The number of rotatable bonds is 5. The molecule has 0 heterocycles. The van der Waals surface area contributed by atoms with Gasteiger partial charge in [0.2, 0.25) is 0 Å². The van der Waals surface area contributed by atoms with Crippen molar-refractivity contribution < 1.29 is 28.2 Å². The maximum absolute atomic E-state index is 13.6. The average molecular weight is 260 g/mol. The number of aliphatic hydroxyl groups excluding tert-OH is 1. The van der Waals surface area contributed by atoms with Crippen LogP contribution in [0.25, 0.3) is 0 Å². The molecular formula is C12H14F2O4. The number of alkyl halides is 2. The quantitative estimate of drug-likeness (QED) is 0.822. The van der Waals surface area contributed by atoms with E-state index in [0.29, 0.717) is 5.75 Å². The third-order valence-electron chi connectivity index (χ3n) is 2.30. The summed E-state index contributed by atoms with van der Waals surface area (Å²) >= 11 is 0. The standard InChI is InChI=1S/C12H14F2O4/c1-3-18-11(16)12(13,14)10(15)8-5-4-6-9(7-8)17-2/h4-7,10,15H,3H2,1-2H3/t10-/m1/s1. The van der Waals surface area contributed by atoms with Crippen molar-refractivity contribution in [3.63, 3.8) is 0 Å². The Morgan fingerprint density at radius 3 is 2.72 bits per heavy atom. The average Bonchev–Trinajstić information content (AvgIpc) is 2.38. The molecule has 1 aromatic rings. The summed E-state index contributed by atoms with van der Waals surface area (Å²) in [7, 11) is 1.37. The van der Waals surface area contributed by atoms with Gasteiger partial charge in [-0.1, -0.05) is 12.1 Å². The van der Waals surface area contributed by atoms with Crippen LogP contribution < -0.4 is 4.74 Å². The molecule has 0 aromatic heterocycles. The van der Waals surface area contributed by atoms with Gasteiger partial charge in [-0.3, -0.25) is 0 Å². The van der Waals surface area contributed by atoms with Gasteiger partial charge in [0.15, 0.2) is 6.10 Å². The van der Waals surface area contributed by atoms with Crippen LogP contribution in [0.4, 0.5) is 8.78 Å². The third kappa shape index (κ3) is 2.95. The minimum Gasteiger partial charge on any atom is -0.497 e. The molecule has 100 valence electrons. The van der Waals surface area contributed by atoms with Crippen molar-refractivity contribution in [3.8, 4) is 5.75 Å². The van der Waals surface area contributed by atoms with E-state index in [2.05, 4.69) is 4.74 Å². The van der Waals surface area contributed by atoms with Gasteiger partial charge in [0, 0.05) is 0 Å². The molecule has 0 saturated heterocycles. The monoisotopic (exact) mass is 260 g/mol. The van der Waals surface area contributed by atoms with E-state index < -0.39 is 18.0 Å². The van der Waals surface area contributed by atoms with Crippen LogP contribution in [-0.4, -0.2) is 30.7 Å². The second-order valence-electron chi connectivity index (χ2n) is 3.52. The summed E-state index contributed by atoms with van der Waals surface area (Å²) in [6, 6.07) is 5.50. The number of halogens is 2. The number of hydrogen-bond donors (Lipinski definition) is 1. The first kappa shape index (κ1) is 14.4. The molecule has 18 heavy (non-hydrogen) atoms. The molecule has 6 heteroatoms. The summed E-state index contributed by atoms with van der Waals surface area (Å²) in [6.07, 6.45) is -2.27. The number of carbonyl (C=O) groups excluding carboxylic acids is 1. The Balaban J connectivity index is 2.97. The maximum Gasteiger partial charge on any atom is 0.380 e. The second-order valence-corrected chi connectivity index (χ2v) is 3.52. The van der Waals surface area contributed by atoms with Crippen molar-refractivity contribution in [1.82, 2.24) is 0 Å². The Bertz CT molecular complexity index is 420. The fourth-order valence-corrected chi connectivity index (χ4v) is 1.36. The molecule has 0 amide bonds. The SMILES string of the molecule is CCOC(=O)C(F)(F)[C@H](O)c1cccc(OC)c1. The number of methoxy groups -OCH3 is 1. The van der Waals surface area contributed by atoms with E-state index in [9.17, 15) is 18.7 Å². The zero-order chi connectivity index (χ0) is 13.8. The highest BCUT2D eigenvalue weighted by atomic mass is 19.3. The lowest BCUT2D eigenvalue weighted by Crippen LogP contribution is -2.37. The Morgan fingerprint density at radius 2 is 2.17 bits per heavy atom. The number of aliphatic hydroxyl groups is 1. The lowest BCUT2D eigenvalue weighted by Gasteiger charge is -2.21. The van der Waals surface area contributed by atoms with Crippen molar-refractivity contribution in [2.45, 2.75) is 19.0 Å². The highest BCUT2D eigenvalue weighted by molar-refractivity contribution is 5.78. The van der Waals surface area contributed by atoms with Crippen molar-refractivity contribution in [2.24, 2.45) is 0 Å². The van der Waals surface area contributed by atoms with Crippen LogP contribution in [0, 0.1) is 0 Å². The van der Waals surface area contributed by atoms with Gasteiger partial charge in [-0.05, 0) is 24.6 Å². The van der Waals surface area contributed by atoms with Crippen LogP contribution in [-0.2, 0) is 9.53 Å². The molecule has 0 bridgehead atoms. The second kappa shape index (κ2) is 5.77. The molecule has 1 aromatic carbocycles. The van der Waals surface area contributed by atoms with Crippen LogP contribution in [0.5, 0.6) is 5.75 Å². The summed E-state index contributed by atoms with van der Waals surface area (Å²) in [5.41, 5.74) is -0.118. The largest absolute Gasteiger partial charge is 0.497 e. The molecule has 0 aliphatic rings. The summed E-state index contributed by atoms with van der Waals surface area (Å²) in [5.74, 6) is -5.44. The van der Waals surface area contributed by atoms with Gasteiger partial charge in [0.1, 0.15) is 5.75 Å². The summed E-state index contributed by atoms with van der Waals surface area (Å²) in [4.78, 5) is 11.1. The number of hydrogen-bond acceptors (Lipinski definition) is 4. The van der Waals surface area contributed by atoms with Gasteiger partial charge in [0.05, 0.1) is 13.7 Å². The van der Waals surface area contributed by atoms with E-state index in [1.165, 1.54) is 32.2 Å². The molecule has 0 saturated carbocycles. The van der Waals surface area contributed by atoms with E-state index in [4.69, 9.17) is 4.74 Å². The molecular weight excluding hydrogens is 246 g/mol. The first-order valence-electron chi connectivity index (χ1n) is 5.30. The van der Waals surface area contributed by atoms with Crippen molar-refractivity contribution in [3.05, 3.63) is 29.8 Å². The topological polar surface area (TPSA) is 55.8 Å². The third-order valence-corrected chi connectivity index (χ3v) is 2.30. The zero-order valence-electron chi connectivity index (χ0n) is 10.0. The van der Waals surface area contributed by atoms with Crippen LogP contribution >= 0.6 is 0 Å². The molecule has 0 spiro atoms. The van der Waals surface area contributed by atoms with E-state index in [0.717, 1.165) is 0 Å². The summed E-state index contributed by atoms with van der Waals surface area (Å²) in [5, 5.41) is 9.56. The molecule has 0 aliphatic heterocycles. The Labute approximate surface area is 103 Å². The highest BCUT2D eigenvalue weighted by Gasteiger charge is 2.49. The van der Waals surface area contributed by atoms with Gasteiger partial charge >= 0.3 is 11.9 Å². The fraction of sp³-hybridized carbons (Fsp3) is 0.417. The minimum atomic E-state index is -4.00. The normalized spacial score (nSPS) is 12.9. The lowest BCUT2D eigenvalue weighted by atomic mass is 10.0. The molecule has 0 fully saturated rings. The first-order valence-corrected chi connectivity index (χ1v) is 5.30. The van der Waals surface area contributed by atoms with Gasteiger partial charge in [-0.2, -0.15) is 8.78 Å². The van der Waals surface area contributed by atoms with Crippen molar-refractivity contribution in [1.29, 1.82) is 0 Å². The Kier molecular flexibility index (Phi) is 4.61. The van der Waals surface area contributed by atoms with E-state index >= 15 is 0 Å². The number of carbonyl (C=O) groups is 1. The minimum absolute atomic E-state index is 0.118. The molecule has 0 unspecified atom stereocenters. The predicted octanol–water partition coefficient (Wildman–Crippen LogP) is 1.93. The molecule has 0 radical (unpaired) electrons. The Hall–Kier alpha value is -1.69. The van der Waals surface area contributed by atoms with Crippen molar-refractivity contribution >= 4 is 5.97 Å². The maximum atomic E-state index is 13.6. The van der Waals surface area contributed by atoms with Crippen LogP contribution in [0.15, 0.2) is 24.3 Å². The number of ether oxygens (including phenoxy) is 2. The number of benzene rings is 1. The van der Waals surface area contributed by atoms with Gasteiger partial charge in [-0.15, -0.1) is 0 Å². The van der Waals surface area contributed by atoms with Gasteiger partial charge < -0.3 is 14.6 Å². The van der Waals surface area contributed by atoms with Crippen LogP contribution in [0.2, 0.25) is 0 Å². The first-order chi connectivity index (χ1) is 8.43. The predicted molar refractivity (Wildman–Crippen MR) is 59.5 cm³/mol. The summed E-state index contributed by atoms with van der Waals surface area (Å²) in [6.45, 7) is 1.23. The van der Waals surface area contributed by atoms with E-state index in [1.807, 2.05) is 0 Å². The zero-order valence-corrected chi connectivity index (χ0v) is 10.0. The molecule has 1 atom stereocenters. The molecule has 0 aliphatic carbocycles. The van der Waals surface area contributed by atoms with Gasteiger partial charge in [0.25, 0.3) is 0 Å². The highest BCUT2D eigenvalue weighted by Crippen LogP contribution is 2.33. The smallest absolute Gasteiger partial charge is 0.380 e. The molecule has 1 rings (SSSR count). The fourth-order valence-electron chi connectivity index (χ4n) is 1.36. The van der Waals surface area contributed by atoms with Gasteiger partial charge in [-0.25, -0.2) is 4.79 Å². The molecule has 4 nitrogen and oxygen atoms in total. The van der Waals surface area contributed by atoms with Crippen LogP contribution in [0.1, 0.15) is 18.6 Å². The number of esters is 1. The summed E-state index contributed by atoms with van der Waals surface area (Å²) < 4.78 is 36.2. The lowest BCUT2D eigenvalue weighted by molar-refractivity contribution is -0.189. The van der Waals surface area contributed by atoms with E-state index in [1.54, 1.807) is 6.07 Å². The Morgan fingerprint density at radius 1 is 1.50 bits per heavy atom. The van der Waals surface area contributed by atoms with Crippen LogP contribution in [0.3, 0.4) is 0 Å².